The van der Waals surface area contributed by atoms with Crippen LogP contribution in [0.5, 0.6) is 17.8 Å². The Hall–Kier alpha value is -3.08. The molecule has 1 aromatic heterocycles. The number of carboxylic acids is 1. The number of aromatic nitrogens is 2. The normalized spacial score (nSPS) is 14.7. The molecule has 0 saturated carbocycles. The van der Waals surface area contributed by atoms with Gasteiger partial charge in [-0.2, -0.15) is 23.1 Å². The van der Waals surface area contributed by atoms with Crippen LogP contribution in [0.15, 0.2) is 36.4 Å². The molecule has 0 aliphatic heterocycles. The van der Waals surface area contributed by atoms with Crippen LogP contribution in [0.2, 0.25) is 0 Å². The smallest absolute Gasteiger partial charge is 0.425 e. The molecule has 146 valence electrons. The minimum atomic E-state index is -5.39. The van der Waals surface area contributed by atoms with Gasteiger partial charge in [0.1, 0.15) is 0 Å². The van der Waals surface area contributed by atoms with Gasteiger partial charge in [-0.25, -0.2) is 4.79 Å². The highest BCUT2D eigenvalue weighted by Crippen LogP contribution is 2.43. The van der Waals surface area contributed by atoms with E-state index in [1.807, 2.05) is 0 Å². The van der Waals surface area contributed by atoms with Gasteiger partial charge in [0.05, 0.1) is 20.3 Å². The summed E-state index contributed by atoms with van der Waals surface area (Å²) in [4.78, 5) is 18.8. The number of aliphatic hydroxyl groups is 1. The molecule has 11 heteroatoms. The van der Waals surface area contributed by atoms with Crippen molar-refractivity contribution in [3.63, 3.8) is 0 Å². The fraction of sp³-hybridized carbons (Fsp3) is 0.312. The highest BCUT2D eigenvalue weighted by molar-refractivity contribution is 5.75. The Kier molecular flexibility index (Phi) is 5.74. The largest absolute Gasteiger partial charge is 0.481 e. The highest BCUT2D eigenvalue weighted by atomic mass is 19.4. The van der Waals surface area contributed by atoms with E-state index in [4.69, 9.17) is 14.2 Å². The number of aliphatic carboxylic acids is 1. The fourth-order valence-corrected chi connectivity index (χ4v) is 2.22. The number of nitrogens with zero attached hydrogens (tertiary/aromatic N) is 2. The lowest BCUT2D eigenvalue weighted by atomic mass is 9.87. The number of hydrogen-bond donors (Lipinski definition) is 2. The van der Waals surface area contributed by atoms with Crippen molar-refractivity contribution < 1.29 is 42.4 Å². The van der Waals surface area contributed by atoms with E-state index in [0.29, 0.717) is 0 Å². The first-order chi connectivity index (χ1) is 12.6. The second-order valence-corrected chi connectivity index (χ2v) is 5.20. The van der Waals surface area contributed by atoms with Crippen molar-refractivity contribution in [2.24, 2.45) is 0 Å². The Morgan fingerprint density at radius 2 is 1.59 bits per heavy atom. The van der Waals surface area contributed by atoms with Crippen LogP contribution in [0, 0.1) is 0 Å². The van der Waals surface area contributed by atoms with Crippen LogP contribution in [0.4, 0.5) is 13.2 Å². The summed E-state index contributed by atoms with van der Waals surface area (Å²) in [6.45, 7) is 0. The summed E-state index contributed by atoms with van der Waals surface area (Å²) >= 11 is 0. The maximum Gasteiger partial charge on any atom is 0.425 e. The number of benzene rings is 1. The van der Waals surface area contributed by atoms with Crippen LogP contribution in [-0.2, 0) is 10.4 Å². The van der Waals surface area contributed by atoms with Crippen molar-refractivity contribution in [1.29, 1.82) is 0 Å². The number of rotatable bonds is 7. The molecule has 2 N–H and O–H groups in total. The van der Waals surface area contributed by atoms with Crippen molar-refractivity contribution in [2.75, 3.05) is 14.2 Å². The molecule has 0 radical (unpaired) electrons. The lowest BCUT2D eigenvalue weighted by molar-refractivity contribution is -0.292. The molecule has 2 atom stereocenters. The third kappa shape index (κ3) is 4.03. The number of ether oxygens (including phenoxy) is 3. The SMILES string of the molecule is COc1cc(OC)nc(OC(C(=O)O)C(O)(c2ccccc2)C(F)(F)F)n1. The van der Waals surface area contributed by atoms with Crippen molar-refractivity contribution >= 4 is 5.97 Å². The van der Waals surface area contributed by atoms with E-state index in [1.54, 1.807) is 0 Å². The molecule has 1 aromatic carbocycles. The molecule has 0 aliphatic carbocycles. The monoisotopic (exact) mass is 388 g/mol. The van der Waals surface area contributed by atoms with Gasteiger partial charge in [-0.05, 0) is 5.56 Å². The van der Waals surface area contributed by atoms with E-state index in [0.717, 1.165) is 12.1 Å². The maximum atomic E-state index is 13.7. The predicted molar refractivity (Wildman–Crippen MR) is 83.6 cm³/mol. The second-order valence-electron chi connectivity index (χ2n) is 5.20. The third-order valence-corrected chi connectivity index (χ3v) is 3.55. The topological polar surface area (TPSA) is 111 Å². The molecule has 0 bridgehead atoms. The van der Waals surface area contributed by atoms with Crippen molar-refractivity contribution in [3.8, 4) is 17.8 Å². The molecule has 0 amide bonds. The molecule has 0 fully saturated rings. The molecular formula is C16H15F3N2O6. The van der Waals surface area contributed by atoms with Gasteiger partial charge in [0.25, 0.3) is 0 Å². The Morgan fingerprint density at radius 1 is 1.07 bits per heavy atom. The molecule has 0 saturated heterocycles. The first-order valence-corrected chi connectivity index (χ1v) is 7.34. The van der Waals surface area contributed by atoms with Gasteiger partial charge in [0.2, 0.25) is 23.5 Å². The molecule has 2 aromatic rings. The Bertz CT molecular complexity index is 780. The van der Waals surface area contributed by atoms with Gasteiger partial charge in [0, 0.05) is 0 Å². The van der Waals surface area contributed by atoms with E-state index in [2.05, 4.69) is 9.97 Å². The number of methoxy groups -OCH3 is 2. The quantitative estimate of drug-likeness (QED) is 0.738. The number of alkyl halides is 3. The molecule has 27 heavy (non-hydrogen) atoms. The van der Waals surface area contributed by atoms with Crippen LogP contribution < -0.4 is 14.2 Å². The Labute approximate surface area is 151 Å². The third-order valence-electron chi connectivity index (χ3n) is 3.55. The lowest BCUT2D eigenvalue weighted by Gasteiger charge is -2.35. The summed E-state index contributed by atoms with van der Waals surface area (Å²) in [6.07, 6.45) is -8.20. The molecule has 1 heterocycles. The van der Waals surface area contributed by atoms with Crippen molar-refractivity contribution in [1.82, 2.24) is 9.97 Å². The van der Waals surface area contributed by atoms with Gasteiger partial charge >= 0.3 is 18.2 Å². The first kappa shape index (κ1) is 20.2. The van der Waals surface area contributed by atoms with Gasteiger partial charge in [-0.1, -0.05) is 30.3 Å². The number of carbonyl (C=O) groups is 1. The minimum Gasteiger partial charge on any atom is -0.481 e. The molecule has 0 aliphatic rings. The Morgan fingerprint density at radius 3 is 2.00 bits per heavy atom. The standard InChI is InChI=1S/C16H15F3N2O6/c1-25-10-8-11(26-2)21-14(20-10)27-12(13(22)23)15(24,16(17,18)19)9-6-4-3-5-7-9/h3-8,12,24H,1-2H3,(H,22,23). The molecule has 8 nitrogen and oxygen atoms in total. The van der Waals surface area contributed by atoms with Gasteiger partial charge in [-0.3, -0.25) is 0 Å². The zero-order chi connectivity index (χ0) is 20.2. The van der Waals surface area contributed by atoms with E-state index in [-0.39, 0.29) is 11.8 Å². The first-order valence-electron chi connectivity index (χ1n) is 7.34. The van der Waals surface area contributed by atoms with Gasteiger partial charge in [-0.15, -0.1) is 0 Å². The van der Waals surface area contributed by atoms with Crippen LogP contribution in [0.3, 0.4) is 0 Å². The van der Waals surface area contributed by atoms with Crippen LogP contribution in [0.1, 0.15) is 5.56 Å². The van der Waals surface area contributed by atoms with Crippen LogP contribution in [0.25, 0.3) is 0 Å². The maximum absolute atomic E-state index is 13.7. The summed E-state index contributed by atoms with van der Waals surface area (Å²) in [5.41, 5.74) is -4.60. The van der Waals surface area contributed by atoms with Crippen LogP contribution in [-0.4, -0.2) is 52.7 Å². The predicted octanol–water partition coefficient (Wildman–Crippen LogP) is 1.78. The molecule has 2 unspecified atom stereocenters. The summed E-state index contributed by atoms with van der Waals surface area (Å²) in [5, 5.41) is 19.8. The van der Waals surface area contributed by atoms with E-state index in [1.165, 1.54) is 38.5 Å². The molecular weight excluding hydrogens is 373 g/mol. The van der Waals surface area contributed by atoms with E-state index >= 15 is 0 Å². The highest BCUT2D eigenvalue weighted by Gasteiger charge is 2.64. The van der Waals surface area contributed by atoms with Gasteiger partial charge in [0.15, 0.2) is 0 Å². The van der Waals surface area contributed by atoms with Crippen molar-refractivity contribution in [3.05, 3.63) is 42.0 Å². The molecule has 2 rings (SSSR count). The lowest BCUT2D eigenvalue weighted by Crippen LogP contribution is -2.57. The zero-order valence-electron chi connectivity index (χ0n) is 14.1. The van der Waals surface area contributed by atoms with Crippen LogP contribution >= 0.6 is 0 Å². The summed E-state index contributed by atoms with van der Waals surface area (Å²) in [7, 11) is 2.44. The second kappa shape index (κ2) is 7.66. The Balaban J connectivity index is 2.56. The zero-order valence-corrected chi connectivity index (χ0v) is 14.1. The van der Waals surface area contributed by atoms with Crippen molar-refractivity contribution in [2.45, 2.75) is 17.9 Å². The number of halogens is 3. The minimum absolute atomic E-state index is 0.142. The fourth-order valence-electron chi connectivity index (χ4n) is 2.22. The van der Waals surface area contributed by atoms with E-state index < -0.39 is 35.4 Å². The summed E-state index contributed by atoms with van der Waals surface area (Å²) in [5.74, 6) is -2.36. The number of hydrogen-bond acceptors (Lipinski definition) is 7. The number of carboxylic acid groups (broad SMARTS) is 1. The average molecular weight is 388 g/mol. The van der Waals surface area contributed by atoms with E-state index in [9.17, 15) is 28.2 Å². The van der Waals surface area contributed by atoms with Gasteiger partial charge < -0.3 is 24.4 Å². The summed E-state index contributed by atoms with van der Waals surface area (Å²) in [6, 6.07) is 6.13. The summed E-state index contributed by atoms with van der Waals surface area (Å²) < 4.78 is 55.7. The average Bonchev–Trinajstić information content (AvgIpc) is 2.64. The molecule has 0 spiro atoms.